The molecule has 1 atom stereocenters. The van der Waals surface area contributed by atoms with E-state index in [1.807, 2.05) is 0 Å². The molecule has 1 aromatic carbocycles. The van der Waals surface area contributed by atoms with E-state index in [1.54, 1.807) is 31.2 Å². The minimum Gasteiger partial charge on any atom is -0.330 e. The number of benzene rings is 1. The lowest BCUT2D eigenvalue weighted by molar-refractivity contribution is -0.119. The van der Waals surface area contributed by atoms with Gasteiger partial charge in [-0.15, -0.1) is 12.4 Å². The van der Waals surface area contributed by atoms with Crippen LogP contribution in [0.15, 0.2) is 24.3 Å². The Kier molecular flexibility index (Phi) is 7.00. The molecule has 1 unspecified atom stereocenters. The van der Waals surface area contributed by atoms with E-state index >= 15 is 0 Å². The SMILES string of the molecule is CC(=O)Nc1cccc(NC(=O)C(C)CN)c1.Cl. The summed E-state index contributed by atoms with van der Waals surface area (Å²) in [6.45, 7) is 3.49. The summed E-state index contributed by atoms with van der Waals surface area (Å²) in [6, 6.07) is 6.96. The summed E-state index contributed by atoms with van der Waals surface area (Å²) in [4.78, 5) is 22.5. The molecule has 0 heterocycles. The van der Waals surface area contributed by atoms with Gasteiger partial charge in [-0.25, -0.2) is 0 Å². The summed E-state index contributed by atoms with van der Waals surface area (Å²) >= 11 is 0. The van der Waals surface area contributed by atoms with Crippen LogP contribution in [0.3, 0.4) is 0 Å². The van der Waals surface area contributed by atoms with E-state index in [-0.39, 0.29) is 30.1 Å². The summed E-state index contributed by atoms with van der Waals surface area (Å²) in [5.41, 5.74) is 6.69. The second kappa shape index (κ2) is 7.68. The average molecular weight is 272 g/mol. The van der Waals surface area contributed by atoms with E-state index < -0.39 is 0 Å². The maximum Gasteiger partial charge on any atom is 0.228 e. The number of carbonyl (C=O) groups is 2. The lowest BCUT2D eigenvalue weighted by atomic mass is 10.1. The number of anilines is 2. The van der Waals surface area contributed by atoms with Gasteiger partial charge in [-0.3, -0.25) is 9.59 Å². The number of carbonyl (C=O) groups excluding carboxylic acids is 2. The molecule has 2 amide bonds. The maximum absolute atomic E-state index is 11.6. The van der Waals surface area contributed by atoms with Gasteiger partial charge >= 0.3 is 0 Å². The Hall–Kier alpha value is -1.59. The van der Waals surface area contributed by atoms with Crippen LogP contribution < -0.4 is 16.4 Å². The lowest BCUT2D eigenvalue weighted by Crippen LogP contribution is -2.26. The Morgan fingerprint density at radius 1 is 1.28 bits per heavy atom. The van der Waals surface area contributed by atoms with Crippen LogP contribution in [0.25, 0.3) is 0 Å². The van der Waals surface area contributed by atoms with Crippen molar-refractivity contribution >= 4 is 35.6 Å². The van der Waals surface area contributed by atoms with Gasteiger partial charge in [0.05, 0.1) is 0 Å². The molecule has 0 saturated carbocycles. The number of halogens is 1. The van der Waals surface area contributed by atoms with E-state index in [4.69, 9.17) is 5.73 Å². The highest BCUT2D eigenvalue weighted by Crippen LogP contribution is 2.15. The summed E-state index contributed by atoms with van der Waals surface area (Å²) < 4.78 is 0. The standard InChI is InChI=1S/C12H17N3O2.ClH/c1-8(7-13)12(17)15-11-5-3-4-10(6-11)14-9(2)16;/h3-6,8H,7,13H2,1-2H3,(H,14,16)(H,15,17);1H. The highest BCUT2D eigenvalue weighted by atomic mass is 35.5. The summed E-state index contributed by atoms with van der Waals surface area (Å²) in [5.74, 6) is -0.518. The van der Waals surface area contributed by atoms with Crippen molar-refractivity contribution in [3.05, 3.63) is 24.3 Å². The van der Waals surface area contributed by atoms with Gasteiger partial charge in [-0.1, -0.05) is 13.0 Å². The largest absolute Gasteiger partial charge is 0.330 e. The van der Waals surface area contributed by atoms with Crippen LogP contribution in [0.2, 0.25) is 0 Å². The molecule has 1 rings (SSSR count). The van der Waals surface area contributed by atoms with Crippen LogP contribution >= 0.6 is 12.4 Å². The Bertz CT molecular complexity index is 424. The van der Waals surface area contributed by atoms with Crippen LogP contribution in [-0.2, 0) is 9.59 Å². The fourth-order valence-corrected chi connectivity index (χ4v) is 1.25. The summed E-state index contributed by atoms with van der Waals surface area (Å²) in [5, 5.41) is 5.38. The van der Waals surface area contributed by atoms with E-state index in [0.717, 1.165) is 0 Å². The molecule has 6 heteroatoms. The van der Waals surface area contributed by atoms with Crippen molar-refractivity contribution in [3.63, 3.8) is 0 Å². The molecule has 18 heavy (non-hydrogen) atoms. The molecule has 4 N–H and O–H groups in total. The Balaban J connectivity index is 0.00000289. The predicted octanol–water partition coefficient (Wildman–Crippen LogP) is 1.60. The number of nitrogens with two attached hydrogens (primary N) is 1. The quantitative estimate of drug-likeness (QED) is 0.778. The normalized spacial score (nSPS) is 11.1. The van der Waals surface area contributed by atoms with Gasteiger partial charge in [0, 0.05) is 30.8 Å². The molecule has 0 radical (unpaired) electrons. The van der Waals surface area contributed by atoms with Gasteiger partial charge in [0.15, 0.2) is 0 Å². The van der Waals surface area contributed by atoms with E-state index in [0.29, 0.717) is 17.9 Å². The van der Waals surface area contributed by atoms with Crippen LogP contribution in [0.5, 0.6) is 0 Å². The third-order valence-corrected chi connectivity index (χ3v) is 2.25. The minimum absolute atomic E-state index is 0. The van der Waals surface area contributed by atoms with Crippen molar-refractivity contribution in [1.82, 2.24) is 0 Å². The Labute approximate surface area is 113 Å². The number of rotatable bonds is 4. The molecule has 0 aliphatic heterocycles. The molecule has 0 aliphatic rings. The van der Waals surface area contributed by atoms with E-state index in [1.165, 1.54) is 6.92 Å². The van der Waals surface area contributed by atoms with Crippen LogP contribution in [0.4, 0.5) is 11.4 Å². The molecule has 0 bridgehead atoms. The van der Waals surface area contributed by atoms with Gasteiger partial charge in [-0.2, -0.15) is 0 Å². The Morgan fingerprint density at radius 2 is 1.83 bits per heavy atom. The minimum atomic E-state index is -0.237. The first-order valence-corrected chi connectivity index (χ1v) is 5.41. The first-order valence-electron chi connectivity index (χ1n) is 5.41. The molecule has 0 aromatic heterocycles. The molecule has 1 aromatic rings. The van der Waals surface area contributed by atoms with Crippen molar-refractivity contribution in [2.45, 2.75) is 13.8 Å². The van der Waals surface area contributed by atoms with E-state index in [2.05, 4.69) is 10.6 Å². The number of amides is 2. The van der Waals surface area contributed by atoms with Gasteiger partial charge in [-0.05, 0) is 18.2 Å². The molecule has 0 spiro atoms. The summed E-state index contributed by atoms with van der Waals surface area (Å²) in [7, 11) is 0. The van der Waals surface area contributed by atoms with Crippen molar-refractivity contribution in [3.8, 4) is 0 Å². The Morgan fingerprint density at radius 3 is 2.33 bits per heavy atom. The number of hydrogen-bond donors (Lipinski definition) is 3. The molecular weight excluding hydrogens is 254 g/mol. The second-order valence-electron chi connectivity index (χ2n) is 3.89. The predicted molar refractivity (Wildman–Crippen MR) is 74.8 cm³/mol. The van der Waals surface area contributed by atoms with Gasteiger partial charge < -0.3 is 16.4 Å². The zero-order valence-electron chi connectivity index (χ0n) is 10.4. The topological polar surface area (TPSA) is 84.2 Å². The number of nitrogens with one attached hydrogen (secondary N) is 2. The third kappa shape index (κ3) is 5.16. The maximum atomic E-state index is 11.6. The third-order valence-electron chi connectivity index (χ3n) is 2.25. The zero-order chi connectivity index (χ0) is 12.8. The summed E-state index contributed by atoms with van der Waals surface area (Å²) in [6.07, 6.45) is 0. The molecule has 0 saturated heterocycles. The molecule has 5 nitrogen and oxygen atoms in total. The highest BCUT2D eigenvalue weighted by molar-refractivity contribution is 5.94. The van der Waals surface area contributed by atoms with E-state index in [9.17, 15) is 9.59 Å². The van der Waals surface area contributed by atoms with Gasteiger partial charge in [0.2, 0.25) is 11.8 Å². The van der Waals surface area contributed by atoms with Crippen molar-refractivity contribution < 1.29 is 9.59 Å². The van der Waals surface area contributed by atoms with Crippen LogP contribution in [-0.4, -0.2) is 18.4 Å². The van der Waals surface area contributed by atoms with Crippen molar-refractivity contribution in [1.29, 1.82) is 0 Å². The van der Waals surface area contributed by atoms with Crippen LogP contribution in [0, 0.1) is 5.92 Å². The second-order valence-corrected chi connectivity index (χ2v) is 3.89. The first kappa shape index (κ1) is 16.4. The van der Waals surface area contributed by atoms with Crippen LogP contribution in [0.1, 0.15) is 13.8 Å². The molecule has 0 aliphatic carbocycles. The lowest BCUT2D eigenvalue weighted by Gasteiger charge is -2.11. The molecule has 0 fully saturated rings. The monoisotopic (exact) mass is 271 g/mol. The zero-order valence-corrected chi connectivity index (χ0v) is 11.2. The fourth-order valence-electron chi connectivity index (χ4n) is 1.25. The molecule has 100 valence electrons. The van der Waals surface area contributed by atoms with Crippen molar-refractivity contribution in [2.75, 3.05) is 17.2 Å². The first-order chi connectivity index (χ1) is 8.02. The van der Waals surface area contributed by atoms with Gasteiger partial charge in [0.1, 0.15) is 0 Å². The van der Waals surface area contributed by atoms with Crippen molar-refractivity contribution in [2.24, 2.45) is 11.7 Å². The molecular formula is C12H18ClN3O2. The fraction of sp³-hybridized carbons (Fsp3) is 0.333. The average Bonchev–Trinajstić information content (AvgIpc) is 2.27. The number of hydrogen-bond acceptors (Lipinski definition) is 3. The highest BCUT2D eigenvalue weighted by Gasteiger charge is 2.10. The smallest absolute Gasteiger partial charge is 0.228 e. The van der Waals surface area contributed by atoms with Gasteiger partial charge in [0.25, 0.3) is 0 Å².